The van der Waals surface area contributed by atoms with Crippen LogP contribution in [0, 0.1) is 11.8 Å². The Balaban J connectivity index is 2.80. The van der Waals surface area contributed by atoms with Gasteiger partial charge in [0.1, 0.15) is 0 Å². The van der Waals surface area contributed by atoms with Crippen molar-refractivity contribution in [3.8, 4) is 11.8 Å². The maximum Gasteiger partial charge on any atom is 0.0648 e. The number of nitrogens with two attached hydrogens (primary N) is 1. The van der Waals surface area contributed by atoms with Crippen LogP contribution in [0.15, 0.2) is 17.2 Å². The minimum Gasteiger partial charge on any atom is -0.397 e. The molecular weight excluding hydrogens is 247 g/mol. The molecule has 0 fully saturated rings. The molecule has 16 heavy (non-hydrogen) atoms. The molecule has 0 heterocycles. The van der Waals surface area contributed by atoms with E-state index in [-0.39, 0.29) is 0 Å². The van der Waals surface area contributed by atoms with Crippen LogP contribution in [0.2, 0.25) is 10.0 Å². The second kappa shape index (κ2) is 6.14. The van der Waals surface area contributed by atoms with Gasteiger partial charge < -0.3 is 5.73 Å². The van der Waals surface area contributed by atoms with Gasteiger partial charge in [0, 0.05) is 23.4 Å². The van der Waals surface area contributed by atoms with Gasteiger partial charge in [-0.1, -0.05) is 40.2 Å². The van der Waals surface area contributed by atoms with E-state index in [9.17, 15) is 0 Å². The molecule has 0 saturated heterocycles. The summed E-state index contributed by atoms with van der Waals surface area (Å²) in [5.41, 5.74) is 14.7. The van der Waals surface area contributed by atoms with E-state index in [0.29, 0.717) is 34.3 Å². The average molecular weight is 255 g/mol. The molecule has 0 saturated carbocycles. The maximum absolute atomic E-state index is 8.05. The van der Waals surface area contributed by atoms with Crippen LogP contribution < -0.4 is 5.73 Å². The minimum atomic E-state index is 0.337. The van der Waals surface area contributed by atoms with Crippen LogP contribution in [0.4, 0.5) is 5.69 Å². The molecular formula is C10H8Cl2N4. The first-order valence-corrected chi connectivity index (χ1v) is 5.15. The van der Waals surface area contributed by atoms with Crippen LogP contribution in [0.3, 0.4) is 0 Å². The van der Waals surface area contributed by atoms with Crippen molar-refractivity contribution in [1.29, 1.82) is 0 Å². The molecule has 0 aromatic heterocycles. The van der Waals surface area contributed by atoms with Crippen LogP contribution in [0.1, 0.15) is 12.0 Å². The Kier molecular flexibility index (Phi) is 4.81. The van der Waals surface area contributed by atoms with Gasteiger partial charge in [0.15, 0.2) is 0 Å². The van der Waals surface area contributed by atoms with Gasteiger partial charge in [0.25, 0.3) is 0 Å². The highest BCUT2D eigenvalue weighted by molar-refractivity contribution is 6.35. The number of nitrogen functional groups attached to an aromatic ring is 1. The molecule has 1 rings (SSSR count). The molecule has 0 atom stereocenters. The van der Waals surface area contributed by atoms with E-state index in [2.05, 4.69) is 21.9 Å². The summed E-state index contributed by atoms with van der Waals surface area (Å²) in [7, 11) is 0. The Hall–Kier alpha value is -1.53. The average Bonchev–Trinajstić information content (AvgIpc) is 2.25. The molecule has 0 aliphatic heterocycles. The second-order valence-corrected chi connectivity index (χ2v) is 3.67. The van der Waals surface area contributed by atoms with Gasteiger partial charge in [-0.05, 0) is 17.7 Å². The molecule has 2 N–H and O–H groups in total. The monoisotopic (exact) mass is 254 g/mol. The Morgan fingerprint density at radius 3 is 2.81 bits per heavy atom. The number of benzene rings is 1. The van der Waals surface area contributed by atoms with Crippen LogP contribution in [0.25, 0.3) is 10.4 Å². The molecule has 82 valence electrons. The standard InChI is InChI=1S/C10H8Cl2N4/c11-8-6-10(13)9(12)5-7(8)3-1-2-4-15-16-14/h5-6H,2,4,13H2. The van der Waals surface area contributed by atoms with Crippen molar-refractivity contribution in [2.75, 3.05) is 12.3 Å². The van der Waals surface area contributed by atoms with Gasteiger partial charge in [-0.2, -0.15) is 0 Å². The largest absolute Gasteiger partial charge is 0.397 e. The van der Waals surface area contributed by atoms with Gasteiger partial charge in [0.05, 0.1) is 15.7 Å². The van der Waals surface area contributed by atoms with E-state index < -0.39 is 0 Å². The zero-order valence-corrected chi connectivity index (χ0v) is 9.76. The Morgan fingerprint density at radius 2 is 2.12 bits per heavy atom. The minimum absolute atomic E-state index is 0.337. The number of hydrogen-bond acceptors (Lipinski definition) is 2. The van der Waals surface area contributed by atoms with Gasteiger partial charge >= 0.3 is 0 Å². The summed E-state index contributed by atoms with van der Waals surface area (Å²) >= 11 is 11.7. The highest BCUT2D eigenvalue weighted by Gasteiger charge is 2.02. The molecule has 0 amide bonds. The first-order valence-electron chi connectivity index (χ1n) is 4.39. The van der Waals surface area contributed by atoms with E-state index in [1.807, 2.05) is 0 Å². The van der Waals surface area contributed by atoms with Crippen molar-refractivity contribution in [3.05, 3.63) is 38.2 Å². The molecule has 0 aliphatic rings. The number of nitrogens with zero attached hydrogens (tertiary/aromatic N) is 3. The van der Waals surface area contributed by atoms with E-state index in [1.165, 1.54) is 0 Å². The predicted molar refractivity (Wildman–Crippen MR) is 66.4 cm³/mol. The van der Waals surface area contributed by atoms with Crippen LogP contribution >= 0.6 is 23.2 Å². The van der Waals surface area contributed by atoms with Crippen LogP contribution in [0.5, 0.6) is 0 Å². The summed E-state index contributed by atoms with van der Waals surface area (Å²) in [6, 6.07) is 3.17. The normalized spacial score (nSPS) is 8.88. The lowest BCUT2D eigenvalue weighted by molar-refractivity contribution is 1.01. The molecule has 0 aliphatic carbocycles. The molecule has 0 unspecified atom stereocenters. The molecule has 0 radical (unpaired) electrons. The first kappa shape index (κ1) is 12.5. The third kappa shape index (κ3) is 3.56. The van der Waals surface area contributed by atoms with Crippen molar-refractivity contribution in [2.24, 2.45) is 5.11 Å². The van der Waals surface area contributed by atoms with Crippen molar-refractivity contribution in [1.82, 2.24) is 0 Å². The highest BCUT2D eigenvalue weighted by Crippen LogP contribution is 2.26. The quantitative estimate of drug-likeness (QED) is 0.215. The Bertz CT molecular complexity index is 496. The predicted octanol–water partition coefficient (Wildman–Crippen LogP) is 3.63. The van der Waals surface area contributed by atoms with E-state index in [1.54, 1.807) is 12.1 Å². The Morgan fingerprint density at radius 1 is 1.38 bits per heavy atom. The van der Waals surface area contributed by atoms with E-state index in [4.69, 9.17) is 34.5 Å². The fourth-order valence-electron chi connectivity index (χ4n) is 0.966. The second-order valence-electron chi connectivity index (χ2n) is 2.86. The van der Waals surface area contributed by atoms with E-state index >= 15 is 0 Å². The third-order valence-corrected chi connectivity index (χ3v) is 2.35. The maximum atomic E-state index is 8.05. The zero-order valence-electron chi connectivity index (χ0n) is 8.24. The summed E-state index contributed by atoms with van der Waals surface area (Å²) in [6.45, 7) is 0.337. The van der Waals surface area contributed by atoms with Gasteiger partial charge in [-0.3, -0.25) is 0 Å². The van der Waals surface area contributed by atoms with Crippen molar-refractivity contribution < 1.29 is 0 Å². The van der Waals surface area contributed by atoms with Gasteiger partial charge in [-0.15, -0.1) is 0 Å². The number of hydrogen-bond donors (Lipinski definition) is 1. The van der Waals surface area contributed by atoms with Crippen molar-refractivity contribution >= 4 is 28.9 Å². The molecule has 0 bridgehead atoms. The number of azide groups is 1. The van der Waals surface area contributed by atoms with Crippen molar-refractivity contribution in [3.63, 3.8) is 0 Å². The first-order chi connectivity index (χ1) is 7.65. The molecule has 4 nitrogen and oxygen atoms in total. The zero-order chi connectivity index (χ0) is 12.0. The lowest BCUT2D eigenvalue weighted by Crippen LogP contribution is -1.88. The topological polar surface area (TPSA) is 74.8 Å². The van der Waals surface area contributed by atoms with Crippen LogP contribution in [-0.4, -0.2) is 6.54 Å². The number of halogens is 2. The lowest BCUT2D eigenvalue weighted by Gasteiger charge is -2.00. The lowest BCUT2D eigenvalue weighted by atomic mass is 10.2. The number of anilines is 1. The SMILES string of the molecule is [N-]=[N+]=NCCC#Cc1cc(Cl)c(N)cc1Cl. The van der Waals surface area contributed by atoms with Crippen LogP contribution in [-0.2, 0) is 0 Å². The summed E-state index contributed by atoms with van der Waals surface area (Å²) in [4.78, 5) is 2.62. The summed E-state index contributed by atoms with van der Waals surface area (Å²) < 4.78 is 0. The molecule has 0 spiro atoms. The molecule has 6 heteroatoms. The molecule has 1 aromatic rings. The summed E-state index contributed by atoms with van der Waals surface area (Å²) in [5.74, 6) is 5.66. The summed E-state index contributed by atoms with van der Waals surface area (Å²) in [6.07, 6.45) is 0.475. The third-order valence-electron chi connectivity index (χ3n) is 1.71. The van der Waals surface area contributed by atoms with Crippen molar-refractivity contribution in [2.45, 2.75) is 6.42 Å². The highest BCUT2D eigenvalue weighted by atomic mass is 35.5. The van der Waals surface area contributed by atoms with Gasteiger partial charge in [-0.25, -0.2) is 0 Å². The molecule has 1 aromatic carbocycles. The smallest absolute Gasteiger partial charge is 0.0648 e. The van der Waals surface area contributed by atoms with Gasteiger partial charge in [0.2, 0.25) is 0 Å². The number of rotatable bonds is 2. The van der Waals surface area contributed by atoms with E-state index in [0.717, 1.165) is 0 Å². The fourth-order valence-corrected chi connectivity index (χ4v) is 1.35. The Labute approximate surface area is 103 Å². The summed E-state index contributed by atoms with van der Waals surface area (Å²) in [5, 5.41) is 4.23. The fraction of sp³-hybridized carbons (Fsp3) is 0.200.